The fraction of sp³-hybridized carbons (Fsp3) is 0.200. The molecule has 3 aromatic rings. The summed E-state index contributed by atoms with van der Waals surface area (Å²) in [6, 6.07) is 14.5. The van der Waals surface area contributed by atoms with Crippen molar-refractivity contribution >= 4 is 28.3 Å². The maximum atomic E-state index is 12.4. The van der Waals surface area contributed by atoms with Gasteiger partial charge >= 0.3 is 0 Å². The molecule has 2 aromatic carbocycles. The zero-order chi connectivity index (χ0) is 19.4. The molecule has 0 bridgehead atoms. The van der Waals surface area contributed by atoms with E-state index in [1.165, 1.54) is 11.3 Å². The quantitative estimate of drug-likeness (QED) is 0.709. The average Bonchev–Trinajstić information content (AvgIpc) is 3.10. The molecular formula is C20H20N4O2S. The largest absolute Gasteiger partial charge is 0.341 e. The van der Waals surface area contributed by atoms with Gasteiger partial charge in [0.05, 0.1) is 0 Å². The van der Waals surface area contributed by atoms with Gasteiger partial charge in [-0.3, -0.25) is 14.9 Å². The summed E-state index contributed by atoms with van der Waals surface area (Å²) in [5, 5.41) is 14.7. The Morgan fingerprint density at radius 1 is 1.04 bits per heavy atom. The summed E-state index contributed by atoms with van der Waals surface area (Å²) in [5.74, 6) is -0.627. The Morgan fingerprint density at radius 2 is 1.81 bits per heavy atom. The number of hydrogen-bond acceptors (Lipinski definition) is 5. The molecule has 2 N–H and O–H groups in total. The van der Waals surface area contributed by atoms with Gasteiger partial charge in [0, 0.05) is 11.1 Å². The molecule has 0 radical (unpaired) electrons. The van der Waals surface area contributed by atoms with Crippen molar-refractivity contribution in [3.8, 4) is 10.6 Å². The van der Waals surface area contributed by atoms with Crippen LogP contribution in [0.2, 0.25) is 0 Å². The molecule has 1 heterocycles. The highest BCUT2D eigenvalue weighted by Crippen LogP contribution is 2.26. The van der Waals surface area contributed by atoms with E-state index in [-0.39, 0.29) is 11.8 Å². The molecule has 6 nitrogen and oxygen atoms in total. The van der Waals surface area contributed by atoms with Crippen LogP contribution in [0.1, 0.15) is 28.4 Å². The summed E-state index contributed by atoms with van der Waals surface area (Å²) in [7, 11) is 0. The molecule has 1 atom stereocenters. The molecule has 0 fully saturated rings. The third-order valence-corrected chi connectivity index (χ3v) is 4.94. The van der Waals surface area contributed by atoms with E-state index in [0.717, 1.165) is 21.7 Å². The van der Waals surface area contributed by atoms with Crippen molar-refractivity contribution in [1.82, 2.24) is 15.5 Å². The van der Waals surface area contributed by atoms with Crippen LogP contribution in [0.4, 0.5) is 5.13 Å². The van der Waals surface area contributed by atoms with E-state index in [9.17, 15) is 9.59 Å². The van der Waals surface area contributed by atoms with Crippen molar-refractivity contribution in [3.63, 3.8) is 0 Å². The Morgan fingerprint density at radius 3 is 2.56 bits per heavy atom. The van der Waals surface area contributed by atoms with Crippen molar-refractivity contribution in [2.75, 3.05) is 5.32 Å². The lowest BCUT2D eigenvalue weighted by Crippen LogP contribution is -2.41. The predicted molar refractivity (Wildman–Crippen MR) is 107 cm³/mol. The van der Waals surface area contributed by atoms with E-state index in [2.05, 4.69) is 20.8 Å². The van der Waals surface area contributed by atoms with Crippen LogP contribution in [0, 0.1) is 13.8 Å². The normalized spacial score (nSPS) is 11.7. The number of rotatable bonds is 5. The minimum atomic E-state index is -0.705. The number of aryl methyl sites for hydroxylation is 2. The van der Waals surface area contributed by atoms with Crippen LogP contribution in [0.5, 0.6) is 0 Å². The first-order chi connectivity index (χ1) is 12.9. The van der Waals surface area contributed by atoms with Gasteiger partial charge < -0.3 is 5.32 Å². The molecule has 0 aliphatic carbocycles. The second-order valence-electron chi connectivity index (χ2n) is 6.28. The first-order valence-electron chi connectivity index (χ1n) is 8.52. The standard InChI is InChI=1S/C20H20N4O2S/c1-12-7-6-9-15(11-12)19-23-24-20(27-19)22-17(25)14(3)21-18(26)16-10-5-4-8-13(16)2/h4-11,14H,1-3H3,(H,21,26)(H,22,24,25)/t14-/m1/s1. The number of nitrogens with zero attached hydrogens (tertiary/aromatic N) is 2. The number of hydrogen-bond donors (Lipinski definition) is 2. The van der Waals surface area contributed by atoms with Crippen molar-refractivity contribution in [1.29, 1.82) is 0 Å². The van der Waals surface area contributed by atoms with Crippen molar-refractivity contribution in [2.45, 2.75) is 26.8 Å². The number of amides is 2. The van der Waals surface area contributed by atoms with Gasteiger partial charge in [-0.2, -0.15) is 0 Å². The number of benzene rings is 2. The first kappa shape index (κ1) is 18.7. The van der Waals surface area contributed by atoms with E-state index in [0.29, 0.717) is 10.7 Å². The summed E-state index contributed by atoms with van der Waals surface area (Å²) in [6.07, 6.45) is 0. The SMILES string of the molecule is Cc1cccc(-c2nnc(NC(=O)[C@@H](C)NC(=O)c3ccccc3C)s2)c1. The van der Waals surface area contributed by atoms with Crippen LogP contribution in [-0.2, 0) is 4.79 Å². The van der Waals surface area contributed by atoms with Gasteiger partial charge in [-0.1, -0.05) is 53.3 Å². The summed E-state index contributed by atoms with van der Waals surface area (Å²) in [5.41, 5.74) is 3.49. The second kappa shape index (κ2) is 8.09. The number of aromatic nitrogens is 2. The van der Waals surface area contributed by atoms with Crippen LogP contribution in [-0.4, -0.2) is 28.1 Å². The van der Waals surface area contributed by atoms with Crippen molar-refractivity contribution in [3.05, 3.63) is 65.2 Å². The van der Waals surface area contributed by atoms with E-state index in [1.807, 2.05) is 50.2 Å². The topological polar surface area (TPSA) is 84.0 Å². The molecule has 1 aromatic heterocycles. The number of anilines is 1. The lowest BCUT2D eigenvalue weighted by Gasteiger charge is -2.13. The lowest BCUT2D eigenvalue weighted by atomic mass is 10.1. The Kier molecular flexibility index (Phi) is 5.61. The highest BCUT2D eigenvalue weighted by atomic mass is 32.1. The lowest BCUT2D eigenvalue weighted by molar-refractivity contribution is -0.117. The van der Waals surface area contributed by atoms with E-state index in [4.69, 9.17) is 0 Å². The number of carbonyl (C=O) groups is 2. The Hall–Kier alpha value is -3.06. The molecule has 3 rings (SSSR count). The summed E-state index contributed by atoms with van der Waals surface area (Å²) >= 11 is 1.29. The smallest absolute Gasteiger partial charge is 0.252 e. The van der Waals surface area contributed by atoms with Crippen LogP contribution in [0.15, 0.2) is 48.5 Å². The Labute approximate surface area is 161 Å². The van der Waals surface area contributed by atoms with Crippen LogP contribution < -0.4 is 10.6 Å². The molecule has 27 heavy (non-hydrogen) atoms. The van der Waals surface area contributed by atoms with Gasteiger partial charge in [0.2, 0.25) is 11.0 Å². The van der Waals surface area contributed by atoms with Gasteiger partial charge in [0.1, 0.15) is 11.0 Å². The highest BCUT2D eigenvalue weighted by molar-refractivity contribution is 7.18. The molecule has 0 unspecified atom stereocenters. The van der Waals surface area contributed by atoms with Crippen LogP contribution in [0.25, 0.3) is 10.6 Å². The molecule has 0 saturated carbocycles. The fourth-order valence-corrected chi connectivity index (χ4v) is 3.29. The predicted octanol–water partition coefficient (Wildman–Crippen LogP) is 3.58. The van der Waals surface area contributed by atoms with Gasteiger partial charge in [0.25, 0.3) is 5.91 Å². The average molecular weight is 380 g/mol. The second-order valence-corrected chi connectivity index (χ2v) is 7.26. The molecule has 0 aliphatic heterocycles. The van der Waals surface area contributed by atoms with E-state index < -0.39 is 6.04 Å². The molecule has 138 valence electrons. The maximum Gasteiger partial charge on any atom is 0.252 e. The first-order valence-corrected chi connectivity index (χ1v) is 9.33. The van der Waals surface area contributed by atoms with Gasteiger partial charge in [-0.05, 0) is 38.5 Å². The molecule has 2 amide bonds. The van der Waals surface area contributed by atoms with Crippen LogP contribution >= 0.6 is 11.3 Å². The molecule has 0 saturated heterocycles. The molecule has 7 heteroatoms. The van der Waals surface area contributed by atoms with E-state index >= 15 is 0 Å². The Bertz CT molecular complexity index is 983. The maximum absolute atomic E-state index is 12.4. The van der Waals surface area contributed by atoms with Gasteiger partial charge in [-0.25, -0.2) is 0 Å². The third-order valence-electron chi connectivity index (χ3n) is 4.05. The fourth-order valence-electron chi connectivity index (χ4n) is 2.55. The Balaban J connectivity index is 1.63. The number of carbonyl (C=O) groups excluding carboxylic acids is 2. The molecular weight excluding hydrogens is 360 g/mol. The zero-order valence-corrected chi connectivity index (χ0v) is 16.1. The minimum Gasteiger partial charge on any atom is -0.341 e. The van der Waals surface area contributed by atoms with Crippen LogP contribution in [0.3, 0.4) is 0 Å². The minimum absolute atomic E-state index is 0.284. The summed E-state index contributed by atoms with van der Waals surface area (Å²) in [6.45, 7) is 5.49. The van der Waals surface area contributed by atoms with Crippen molar-refractivity contribution < 1.29 is 9.59 Å². The van der Waals surface area contributed by atoms with Gasteiger partial charge in [0.15, 0.2) is 0 Å². The third kappa shape index (κ3) is 4.57. The van der Waals surface area contributed by atoms with Gasteiger partial charge in [-0.15, -0.1) is 10.2 Å². The molecule has 0 aliphatic rings. The van der Waals surface area contributed by atoms with E-state index in [1.54, 1.807) is 19.1 Å². The highest BCUT2D eigenvalue weighted by Gasteiger charge is 2.19. The summed E-state index contributed by atoms with van der Waals surface area (Å²) in [4.78, 5) is 24.7. The number of nitrogens with one attached hydrogen (secondary N) is 2. The van der Waals surface area contributed by atoms with Crippen molar-refractivity contribution in [2.24, 2.45) is 0 Å². The summed E-state index contributed by atoms with van der Waals surface area (Å²) < 4.78 is 0. The molecule has 0 spiro atoms. The zero-order valence-electron chi connectivity index (χ0n) is 15.3. The monoisotopic (exact) mass is 380 g/mol.